The molecule has 1 aliphatic heterocycles. The van der Waals surface area contributed by atoms with E-state index in [2.05, 4.69) is 19.1 Å². The van der Waals surface area contributed by atoms with Crippen LogP contribution in [0, 0.1) is 5.92 Å². The Morgan fingerprint density at radius 3 is 2.40 bits per heavy atom. The van der Waals surface area contributed by atoms with Crippen LogP contribution >= 0.6 is 23.2 Å². The molecule has 0 saturated heterocycles. The van der Waals surface area contributed by atoms with Gasteiger partial charge in [-0.1, -0.05) is 60.5 Å². The zero-order valence-corrected chi connectivity index (χ0v) is 12.7. The molecule has 2 aromatic carbocycles. The second kappa shape index (κ2) is 5.59. The highest BCUT2D eigenvalue weighted by Gasteiger charge is 2.28. The van der Waals surface area contributed by atoms with Gasteiger partial charge in [0.25, 0.3) is 0 Å². The SMILES string of the molecule is CC1CC(c2ccccc2Cl)=NC1c1ccc(Cl)cc1. The lowest BCUT2D eigenvalue weighted by Gasteiger charge is -2.13. The largest absolute Gasteiger partial charge is 0.281 e. The molecule has 3 rings (SSSR count). The van der Waals surface area contributed by atoms with E-state index < -0.39 is 0 Å². The fourth-order valence-corrected chi connectivity index (χ4v) is 3.07. The first kappa shape index (κ1) is 13.7. The highest BCUT2D eigenvalue weighted by atomic mass is 35.5. The first-order valence-corrected chi connectivity index (χ1v) is 7.48. The smallest absolute Gasteiger partial charge is 0.0781 e. The third-order valence-corrected chi connectivity index (χ3v) is 4.33. The quantitative estimate of drug-likeness (QED) is 0.688. The van der Waals surface area contributed by atoms with Gasteiger partial charge in [-0.05, 0) is 36.1 Å². The molecule has 0 bridgehead atoms. The van der Waals surface area contributed by atoms with E-state index in [9.17, 15) is 0 Å². The number of hydrogen-bond donors (Lipinski definition) is 0. The van der Waals surface area contributed by atoms with E-state index in [-0.39, 0.29) is 6.04 Å². The van der Waals surface area contributed by atoms with Crippen LogP contribution in [-0.4, -0.2) is 5.71 Å². The van der Waals surface area contributed by atoms with E-state index in [0.29, 0.717) is 5.92 Å². The Morgan fingerprint density at radius 1 is 1.00 bits per heavy atom. The van der Waals surface area contributed by atoms with Crippen molar-refractivity contribution in [1.29, 1.82) is 0 Å². The summed E-state index contributed by atoms with van der Waals surface area (Å²) in [6.07, 6.45) is 0.955. The third-order valence-electron chi connectivity index (χ3n) is 3.75. The summed E-state index contributed by atoms with van der Waals surface area (Å²) in [6, 6.07) is 16.1. The van der Waals surface area contributed by atoms with Gasteiger partial charge in [-0.25, -0.2) is 0 Å². The van der Waals surface area contributed by atoms with Crippen molar-refractivity contribution in [2.75, 3.05) is 0 Å². The van der Waals surface area contributed by atoms with Gasteiger partial charge < -0.3 is 0 Å². The molecule has 20 heavy (non-hydrogen) atoms. The van der Waals surface area contributed by atoms with E-state index in [1.165, 1.54) is 5.56 Å². The average molecular weight is 304 g/mol. The van der Waals surface area contributed by atoms with Crippen LogP contribution in [0.2, 0.25) is 10.0 Å². The molecule has 0 amide bonds. The van der Waals surface area contributed by atoms with Gasteiger partial charge in [-0.15, -0.1) is 0 Å². The predicted molar refractivity (Wildman–Crippen MR) is 86.0 cm³/mol. The number of halogens is 2. The second-order valence-electron chi connectivity index (χ2n) is 5.23. The molecule has 0 aromatic heterocycles. The Hall–Kier alpha value is -1.31. The Bertz CT molecular complexity index is 646. The van der Waals surface area contributed by atoms with Crippen LogP contribution < -0.4 is 0 Å². The third kappa shape index (κ3) is 2.61. The Morgan fingerprint density at radius 2 is 1.70 bits per heavy atom. The maximum absolute atomic E-state index is 6.27. The molecule has 0 spiro atoms. The summed E-state index contributed by atoms with van der Waals surface area (Å²) < 4.78 is 0. The molecule has 0 radical (unpaired) electrons. The van der Waals surface area contributed by atoms with Crippen LogP contribution in [0.3, 0.4) is 0 Å². The van der Waals surface area contributed by atoms with Gasteiger partial charge in [0.1, 0.15) is 0 Å². The van der Waals surface area contributed by atoms with E-state index in [4.69, 9.17) is 28.2 Å². The molecule has 0 aliphatic carbocycles. The Kier molecular flexibility index (Phi) is 3.82. The zero-order chi connectivity index (χ0) is 14.1. The van der Waals surface area contributed by atoms with Crippen molar-refractivity contribution < 1.29 is 0 Å². The van der Waals surface area contributed by atoms with Crippen molar-refractivity contribution in [3.05, 3.63) is 69.7 Å². The summed E-state index contributed by atoms with van der Waals surface area (Å²) in [4.78, 5) is 4.89. The number of hydrogen-bond acceptors (Lipinski definition) is 1. The normalized spacial score (nSPS) is 21.9. The number of aliphatic imine (C=N–C) groups is 1. The van der Waals surface area contributed by atoms with Gasteiger partial charge in [0.15, 0.2) is 0 Å². The second-order valence-corrected chi connectivity index (χ2v) is 6.08. The van der Waals surface area contributed by atoms with E-state index in [1.807, 2.05) is 36.4 Å². The standard InChI is InChI=1S/C17H15Cl2N/c1-11-10-16(14-4-2-3-5-15(14)19)20-17(11)12-6-8-13(18)9-7-12/h2-9,11,17H,10H2,1H3. The molecule has 0 saturated carbocycles. The minimum atomic E-state index is 0.193. The molecule has 2 aromatic rings. The fourth-order valence-electron chi connectivity index (χ4n) is 2.70. The number of benzene rings is 2. The zero-order valence-electron chi connectivity index (χ0n) is 11.2. The van der Waals surface area contributed by atoms with Crippen molar-refractivity contribution in [1.82, 2.24) is 0 Å². The summed E-state index contributed by atoms with van der Waals surface area (Å²) in [6.45, 7) is 2.23. The van der Waals surface area contributed by atoms with Crippen molar-refractivity contribution in [3.8, 4) is 0 Å². The van der Waals surface area contributed by atoms with Crippen LogP contribution in [-0.2, 0) is 0 Å². The first-order valence-electron chi connectivity index (χ1n) is 6.72. The van der Waals surface area contributed by atoms with Crippen LogP contribution in [0.4, 0.5) is 0 Å². The van der Waals surface area contributed by atoms with Crippen molar-refractivity contribution in [3.63, 3.8) is 0 Å². The summed E-state index contributed by atoms with van der Waals surface area (Å²) in [7, 11) is 0. The highest BCUT2D eigenvalue weighted by Crippen LogP contribution is 2.37. The summed E-state index contributed by atoms with van der Waals surface area (Å²) in [5.41, 5.74) is 3.37. The van der Waals surface area contributed by atoms with Gasteiger partial charge in [0.2, 0.25) is 0 Å². The summed E-state index contributed by atoms with van der Waals surface area (Å²) >= 11 is 12.2. The maximum Gasteiger partial charge on any atom is 0.0781 e. The Labute approximate surface area is 129 Å². The lowest BCUT2D eigenvalue weighted by molar-refractivity contribution is 0.525. The highest BCUT2D eigenvalue weighted by molar-refractivity contribution is 6.34. The molecule has 0 fully saturated rings. The van der Waals surface area contributed by atoms with Crippen molar-refractivity contribution in [2.24, 2.45) is 10.9 Å². The van der Waals surface area contributed by atoms with E-state index >= 15 is 0 Å². The summed E-state index contributed by atoms with van der Waals surface area (Å²) in [5, 5.41) is 1.53. The molecule has 2 atom stereocenters. The maximum atomic E-state index is 6.27. The van der Waals surface area contributed by atoms with Crippen molar-refractivity contribution in [2.45, 2.75) is 19.4 Å². The van der Waals surface area contributed by atoms with Gasteiger partial charge in [0.05, 0.1) is 6.04 Å². The van der Waals surface area contributed by atoms with E-state index in [1.54, 1.807) is 0 Å². The molecule has 0 N–H and O–H groups in total. The minimum Gasteiger partial charge on any atom is -0.281 e. The van der Waals surface area contributed by atoms with Gasteiger partial charge >= 0.3 is 0 Å². The van der Waals surface area contributed by atoms with Crippen LogP contribution in [0.25, 0.3) is 0 Å². The van der Waals surface area contributed by atoms with Gasteiger partial charge in [-0.2, -0.15) is 0 Å². The topological polar surface area (TPSA) is 12.4 Å². The summed E-state index contributed by atoms with van der Waals surface area (Å²) in [5.74, 6) is 0.474. The van der Waals surface area contributed by atoms with Crippen molar-refractivity contribution >= 4 is 28.9 Å². The monoisotopic (exact) mass is 303 g/mol. The first-order chi connectivity index (χ1) is 9.65. The average Bonchev–Trinajstić information content (AvgIpc) is 2.82. The Balaban J connectivity index is 1.95. The molecular weight excluding hydrogens is 289 g/mol. The lowest BCUT2D eigenvalue weighted by atomic mass is 9.93. The molecule has 1 nitrogen and oxygen atoms in total. The van der Waals surface area contributed by atoms with Gasteiger partial charge in [-0.3, -0.25) is 4.99 Å². The number of nitrogens with zero attached hydrogens (tertiary/aromatic N) is 1. The molecule has 102 valence electrons. The molecule has 1 aliphatic rings. The predicted octanol–water partition coefficient (Wildman–Crippen LogP) is 5.56. The molecule has 1 heterocycles. The van der Waals surface area contributed by atoms with Crippen LogP contribution in [0.5, 0.6) is 0 Å². The lowest BCUT2D eigenvalue weighted by Crippen LogP contribution is -2.03. The number of rotatable bonds is 2. The molecule has 2 unspecified atom stereocenters. The molecular formula is C17H15Cl2N. The fraction of sp³-hybridized carbons (Fsp3) is 0.235. The van der Waals surface area contributed by atoms with E-state index in [0.717, 1.165) is 27.7 Å². The van der Waals surface area contributed by atoms with Crippen LogP contribution in [0.1, 0.15) is 30.5 Å². The minimum absolute atomic E-state index is 0.193. The van der Waals surface area contributed by atoms with Crippen LogP contribution in [0.15, 0.2) is 53.5 Å². The molecule has 3 heteroatoms. The van der Waals surface area contributed by atoms with Gasteiger partial charge in [0, 0.05) is 21.3 Å².